The van der Waals surface area contributed by atoms with Gasteiger partial charge < -0.3 is 10.1 Å². The van der Waals surface area contributed by atoms with E-state index in [2.05, 4.69) is 50.4 Å². The molecule has 0 bridgehead atoms. The number of para-hydroxylation sites is 1. The molecule has 25 heavy (non-hydrogen) atoms. The minimum absolute atomic E-state index is 0.0540. The summed E-state index contributed by atoms with van der Waals surface area (Å²) >= 11 is 0. The molecule has 1 N–H and O–H groups in total. The van der Waals surface area contributed by atoms with E-state index in [0.717, 1.165) is 17.7 Å². The third-order valence-corrected chi connectivity index (χ3v) is 4.44. The van der Waals surface area contributed by atoms with Crippen LogP contribution in [0.1, 0.15) is 56.8 Å². The van der Waals surface area contributed by atoms with E-state index in [1.54, 1.807) is 7.11 Å². The molecule has 0 aliphatic heterocycles. The zero-order chi connectivity index (χ0) is 18.4. The zero-order valence-electron chi connectivity index (χ0n) is 15.9. The molecule has 1 atom stereocenters. The van der Waals surface area contributed by atoms with Crippen LogP contribution in [0.15, 0.2) is 48.5 Å². The molecule has 0 aliphatic carbocycles. The normalized spacial score (nSPS) is 12.5. The number of hydrogen-bond donors (Lipinski definition) is 1. The molecule has 2 aromatic rings. The lowest BCUT2D eigenvalue weighted by Gasteiger charge is -2.19. The number of methoxy groups -OCH3 is 1. The fourth-order valence-corrected chi connectivity index (χ4v) is 2.84. The summed E-state index contributed by atoms with van der Waals surface area (Å²) in [6.45, 7) is 8.59. The van der Waals surface area contributed by atoms with Crippen LogP contribution < -0.4 is 10.1 Å². The Labute approximate surface area is 151 Å². The maximum Gasteiger partial charge on any atom is 0.220 e. The van der Waals surface area contributed by atoms with Gasteiger partial charge in [-0.15, -0.1) is 0 Å². The van der Waals surface area contributed by atoms with Gasteiger partial charge in [-0.1, -0.05) is 63.2 Å². The van der Waals surface area contributed by atoms with Crippen molar-refractivity contribution in [1.82, 2.24) is 5.32 Å². The van der Waals surface area contributed by atoms with E-state index >= 15 is 0 Å². The number of ether oxygens (including phenoxy) is 1. The molecule has 0 radical (unpaired) electrons. The van der Waals surface area contributed by atoms with E-state index in [1.165, 1.54) is 11.1 Å². The second-order valence-corrected chi connectivity index (χ2v) is 7.48. The maximum atomic E-state index is 12.3. The van der Waals surface area contributed by atoms with Gasteiger partial charge in [0.15, 0.2) is 0 Å². The van der Waals surface area contributed by atoms with E-state index in [4.69, 9.17) is 4.74 Å². The second kappa shape index (κ2) is 8.19. The maximum absolute atomic E-state index is 12.3. The van der Waals surface area contributed by atoms with Crippen molar-refractivity contribution in [3.05, 3.63) is 65.2 Å². The molecule has 3 nitrogen and oxygen atoms in total. The summed E-state index contributed by atoms with van der Waals surface area (Å²) < 4.78 is 5.36. The number of carbonyl (C=O) groups is 1. The van der Waals surface area contributed by atoms with Crippen molar-refractivity contribution >= 4 is 5.91 Å². The molecule has 0 fully saturated rings. The highest BCUT2D eigenvalue weighted by molar-refractivity contribution is 5.76. The Balaban J connectivity index is 1.90. The minimum Gasteiger partial charge on any atom is -0.496 e. The summed E-state index contributed by atoms with van der Waals surface area (Å²) in [4.78, 5) is 12.3. The molecule has 0 saturated carbocycles. The highest BCUT2D eigenvalue weighted by Crippen LogP contribution is 2.25. The van der Waals surface area contributed by atoms with Gasteiger partial charge in [0, 0.05) is 12.0 Å². The van der Waals surface area contributed by atoms with Crippen molar-refractivity contribution in [2.45, 2.75) is 52.0 Å². The summed E-state index contributed by atoms with van der Waals surface area (Å²) in [5.41, 5.74) is 3.64. The predicted octanol–water partition coefficient (Wildman–Crippen LogP) is 4.80. The Kier molecular flexibility index (Phi) is 6.24. The molecule has 0 saturated heterocycles. The lowest BCUT2D eigenvalue weighted by Crippen LogP contribution is -2.27. The van der Waals surface area contributed by atoms with Crippen LogP contribution in [0.2, 0.25) is 0 Å². The van der Waals surface area contributed by atoms with Crippen LogP contribution in [0.3, 0.4) is 0 Å². The Morgan fingerprint density at radius 2 is 1.72 bits per heavy atom. The van der Waals surface area contributed by atoms with Gasteiger partial charge in [0.2, 0.25) is 5.91 Å². The Morgan fingerprint density at radius 3 is 2.32 bits per heavy atom. The van der Waals surface area contributed by atoms with Crippen molar-refractivity contribution in [3.8, 4) is 5.75 Å². The molecule has 0 aromatic heterocycles. The van der Waals surface area contributed by atoms with Gasteiger partial charge in [-0.05, 0) is 36.0 Å². The Morgan fingerprint density at radius 1 is 1.08 bits per heavy atom. The third kappa shape index (κ3) is 5.35. The van der Waals surface area contributed by atoms with Gasteiger partial charge >= 0.3 is 0 Å². The van der Waals surface area contributed by atoms with Gasteiger partial charge in [0.05, 0.1) is 13.2 Å². The standard InChI is InChI=1S/C22H29NO2/c1-16(19-8-6-7-9-20(19)25-5)23-21(24)15-12-17-10-13-18(14-11-17)22(2,3)4/h6-11,13-14,16H,12,15H2,1-5H3,(H,23,24)/t16-/m1/s1. The van der Waals surface area contributed by atoms with Gasteiger partial charge in [-0.2, -0.15) is 0 Å². The average Bonchev–Trinajstić information content (AvgIpc) is 2.59. The number of amides is 1. The van der Waals surface area contributed by atoms with Crippen LogP contribution >= 0.6 is 0 Å². The molecule has 3 heteroatoms. The molecule has 134 valence electrons. The first-order valence-corrected chi connectivity index (χ1v) is 8.83. The van der Waals surface area contributed by atoms with Gasteiger partial charge in [-0.3, -0.25) is 4.79 Å². The van der Waals surface area contributed by atoms with Crippen molar-refractivity contribution in [2.75, 3.05) is 7.11 Å². The van der Waals surface area contributed by atoms with Crippen LogP contribution in [0.25, 0.3) is 0 Å². The molecule has 2 aromatic carbocycles. The van der Waals surface area contributed by atoms with Gasteiger partial charge in [0.25, 0.3) is 0 Å². The molecule has 1 amide bonds. The van der Waals surface area contributed by atoms with Crippen LogP contribution in [0, 0.1) is 0 Å². The Bertz CT molecular complexity index is 699. The SMILES string of the molecule is COc1ccccc1[C@@H](C)NC(=O)CCc1ccc(C(C)(C)C)cc1. The number of aryl methyl sites for hydroxylation is 1. The number of hydrogen-bond acceptors (Lipinski definition) is 2. The molecular formula is C22H29NO2. The van der Waals surface area contributed by atoms with E-state index in [9.17, 15) is 4.79 Å². The number of rotatable bonds is 6. The quantitative estimate of drug-likeness (QED) is 0.821. The lowest BCUT2D eigenvalue weighted by atomic mass is 9.86. The van der Waals surface area contributed by atoms with Crippen molar-refractivity contribution in [1.29, 1.82) is 0 Å². The fourth-order valence-electron chi connectivity index (χ4n) is 2.84. The van der Waals surface area contributed by atoms with Crippen LogP contribution in [-0.2, 0) is 16.6 Å². The molecular weight excluding hydrogens is 310 g/mol. The van der Waals surface area contributed by atoms with Crippen LogP contribution in [-0.4, -0.2) is 13.0 Å². The summed E-state index contributed by atoms with van der Waals surface area (Å²) in [6, 6.07) is 16.3. The third-order valence-electron chi connectivity index (χ3n) is 4.44. The minimum atomic E-state index is -0.0769. The fraction of sp³-hybridized carbons (Fsp3) is 0.409. The summed E-state index contributed by atoms with van der Waals surface area (Å²) in [5.74, 6) is 0.853. The highest BCUT2D eigenvalue weighted by Gasteiger charge is 2.15. The van der Waals surface area contributed by atoms with Gasteiger partial charge in [-0.25, -0.2) is 0 Å². The van der Waals surface area contributed by atoms with Crippen LogP contribution in [0.5, 0.6) is 5.75 Å². The first-order chi connectivity index (χ1) is 11.8. The lowest BCUT2D eigenvalue weighted by molar-refractivity contribution is -0.121. The summed E-state index contributed by atoms with van der Waals surface area (Å²) in [6.07, 6.45) is 1.23. The molecule has 0 aliphatic rings. The topological polar surface area (TPSA) is 38.3 Å². The average molecular weight is 339 g/mol. The molecule has 0 heterocycles. The monoisotopic (exact) mass is 339 g/mol. The second-order valence-electron chi connectivity index (χ2n) is 7.48. The number of nitrogens with one attached hydrogen (secondary N) is 1. The Hall–Kier alpha value is -2.29. The van der Waals surface area contributed by atoms with Crippen molar-refractivity contribution in [3.63, 3.8) is 0 Å². The first-order valence-electron chi connectivity index (χ1n) is 8.83. The van der Waals surface area contributed by atoms with Gasteiger partial charge in [0.1, 0.15) is 5.75 Å². The smallest absolute Gasteiger partial charge is 0.220 e. The molecule has 2 rings (SSSR count). The predicted molar refractivity (Wildman–Crippen MR) is 103 cm³/mol. The summed E-state index contributed by atoms with van der Waals surface area (Å²) in [5, 5.41) is 3.06. The number of benzene rings is 2. The van der Waals surface area contributed by atoms with Crippen molar-refractivity contribution in [2.24, 2.45) is 0 Å². The molecule has 0 spiro atoms. The highest BCUT2D eigenvalue weighted by atomic mass is 16.5. The van der Waals surface area contributed by atoms with E-state index < -0.39 is 0 Å². The van der Waals surface area contributed by atoms with E-state index in [1.807, 2.05) is 31.2 Å². The molecule has 0 unspecified atom stereocenters. The largest absolute Gasteiger partial charge is 0.496 e. The first kappa shape index (κ1) is 19.0. The van der Waals surface area contributed by atoms with E-state index in [-0.39, 0.29) is 17.4 Å². The number of carbonyl (C=O) groups excluding carboxylic acids is 1. The van der Waals surface area contributed by atoms with Crippen molar-refractivity contribution < 1.29 is 9.53 Å². The zero-order valence-corrected chi connectivity index (χ0v) is 15.9. The van der Waals surface area contributed by atoms with Crippen LogP contribution in [0.4, 0.5) is 0 Å². The summed E-state index contributed by atoms with van der Waals surface area (Å²) in [7, 11) is 1.65. The van der Waals surface area contributed by atoms with E-state index in [0.29, 0.717) is 6.42 Å².